The number of rotatable bonds is 5. The van der Waals surface area contributed by atoms with Crippen LogP contribution in [0.25, 0.3) is 5.57 Å². The molecule has 0 aromatic carbocycles. The van der Waals surface area contributed by atoms with Crippen LogP contribution in [-0.4, -0.2) is 40.3 Å². The first kappa shape index (κ1) is 22.5. The summed E-state index contributed by atoms with van der Waals surface area (Å²) in [5.41, 5.74) is 21.9. The molecule has 1 fully saturated rings. The van der Waals surface area contributed by atoms with Crippen molar-refractivity contribution in [3.05, 3.63) is 59.2 Å². The van der Waals surface area contributed by atoms with Gasteiger partial charge >= 0.3 is 0 Å². The standard InChI is InChI=1S/C22H34N8O/c1-21(2)8-15(9-22(3,4)30-21)29-20(25)17(24)7-16(23)19-18(31-5)6-13(10-26-19)14-11-27-28-12-14/h6-7,10-12,15,26,30H,8-9,23-24H2,1-5H3,(H2,25,29)(H,27,28)/b17-7+,19-16-. The molecule has 0 bridgehead atoms. The van der Waals surface area contributed by atoms with E-state index in [1.807, 2.05) is 12.3 Å². The monoisotopic (exact) mass is 426 g/mol. The van der Waals surface area contributed by atoms with Gasteiger partial charge in [0.05, 0.1) is 30.7 Å². The number of dihydropyridines is 1. The van der Waals surface area contributed by atoms with Crippen LogP contribution in [0.2, 0.25) is 0 Å². The molecule has 168 valence electrons. The van der Waals surface area contributed by atoms with E-state index in [4.69, 9.17) is 26.9 Å². The molecule has 1 aromatic rings. The predicted molar refractivity (Wildman–Crippen MR) is 124 cm³/mol. The zero-order chi connectivity index (χ0) is 22.8. The molecule has 0 atom stereocenters. The smallest absolute Gasteiger partial charge is 0.145 e. The summed E-state index contributed by atoms with van der Waals surface area (Å²) in [6, 6.07) is 0.0785. The number of ether oxygens (including phenoxy) is 1. The summed E-state index contributed by atoms with van der Waals surface area (Å²) in [4.78, 5) is 4.70. The predicted octanol–water partition coefficient (Wildman–Crippen LogP) is 1.56. The van der Waals surface area contributed by atoms with Gasteiger partial charge in [-0.25, -0.2) is 0 Å². The van der Waals surface area contributed by atoms with Gasteiger partial charge in [-0.05, 0) is 52.7 Å². The number of nitrogens with two attached hydrogens (primary N) is 3. The first-order valence-electron chi connectivity index (χ1n) is 10.3. The zero-order valence-electron chi connectivity index (χ0n) is 18.9. The van der Waals surface area contributed by atoms with Gasteiger partial charge in [-0.3, -0.25) is 10.1 Å². The average molecular weight is 427 g/mol. The quantitative estimate of drug-likeness (QED) is 0.309. The zero-order valence-corrected chi connectivity index (χ0v) is 18.9. The van der Waals surface area contributed by atoms with E-state index in [1.165, 1.54) is 0 Å². The van der Waals surface area contributed by atoms with Crippen LogP contribution in [-0.2, 0) is 4.74 Å². The third-order valence-corrected chi connectivity index (χ3v) is 5.34. The number of aliphatic imine (C=N–C) groups is 1. The second kappa shape index (κ2) is 8.50. The highest BCUT2D eigenvalue weighted by molar-refractivity contribution is 5.96. The fourth-order valence-corrected chi connectivity index (χ4v) is 4.38. The van der Waals surface area contributed by atoms with Gasteiger partial charge in [-0.1, -0.05) is 0 Å². The molecule has 9 nitrogen and oxygen atoms in total. The molecule has 9 N–H and O–H groups in total. The lowest BCUT2D eigenvalue weighted by Crippen LogP contribution is -2.59. The molecule has 3 heterocycles. The molecule has 2 aliphatic rings. The second-order valence-electron chi connectivity index (χ2n) is 9.34. The number of nitrogens with zero attached hydrogens (tertiary/aromatic N) is 2. The van der Waals surface area contributed by atoms with Crippen molar-refractivity contribution in [1.29, 1.82) is 0 Å². The second-order valence-corrected chi connectivity index (χ2v) is 9.34. The molecule has 2 aliphatic heterocycles. The van der Waals surface area contributed by atoms with Crippen LogP contribution in [0.5, 0.6) is 0 Å². The Morgan fingerprint density at radius 2 is 1.87 bits per heavy atom. The lowest BCUT2D eigenvalue weighted by molar-refractivity contribution is 0.164. The molecule has 0 spiro atoms. The van der Waals surface area contributed by atoms with Crippen LogP contribution in [0.1, 0.15) is 46.1 Å². The van der Waals surface area contributed by atoms with Crippen molar-refractivity contribution in [3.8, 4) is 0 Å². The molecule has 9 heteroatoms. The molecular weight excluding hydrogens is 392 g/mol. The Balaban J connectivity index is 1.81. The highest BCUT2D eigenvalue weighted by Gasteiger charge is 2.37. The summed E-state index contributed by atoms with van der Waals surface area (Å²) in [5.74, 6) is 0.869. The average Bonchev–Trinajstić information content (AvgIpc) is 3.19. The van der Waals surface area contributed by atoms with Crippen molar-refractivity contribution >= 4 is 11.4 Å². The van der Waals surface area contributed by atoms with Crippen molar-refractivity contribution in [2.45, 2.75) is 57.7 Å². The van der Waals surface area contributed by atoms with Crippen molar-refractivity contribution < 1.29 is 4.74 Å². The van der Waals surface area contributed by atoms with Crippen molar-refractivity contribution in [1.82, 2.24) is 20.8 Å². The summed E-state index contributed by atoms with van der Waals surface area (Å²) in [6.07, 6.45) is 10.6. The highest BCUT2D eigenvalue weighted by atomic mass is 16.5. The van der Waals surface area contributed by atoms with E-state index >= 15 is 0 Å². The number of piperidine rings is 1. The molecule has 0 saturated carbocycles. The van der Waals surface area contributed by atoms with Gasteiger partial charge in [-0.15, -0.1) is 0 Å². The highest BCUT2D eigenvalue weighted by Crippen LogP contribution is 2.30. The maximum absolute atomic E-state index is 6.31. The van der Waals surface area contributed by atoms with Gasteiger partial charge in [0.15, 0.2) is 0 Å². The first-order chi connectivity index (χ1) is 14.5. The number of hydrogen-bond acceptors (Lipinski definition) is 7. The number of allylic oxidation sites excluding steroid dienone is 3. The topological polar surface area (TPSA) is 152 Å². The number of nitrogens with one attached hydrogen (secondary N) is 3. The maximum Gasteiger partial charge on any atom is 0.145 e. The fourth-order valence-electron chi connectivity index (χ4n) is 4.38. The van der Waals surface area contributed by atoms with Gasteiger partial charge in [0, 0.05) is 34.6 Å². The molecule has 31 heavy (non-hydrogen) atoms. The third-order valence-electron chi connectivity index (χ3n) is 5.34. The van der Waals surface area contributed by atoms with Crippen LogP contribution in [0.3, 0.4) is 0 Å². The summed E-state index contributed by atoms with van der Waals surface area (Å²) in [6.45, 7) is 8.69. The Morgan fingerprint density at radius 1 is 1.19 bits per heavy atom. The number of H-pyrrole nitrogens is 1. The van der Waals surface area contributed by atoms with E-state index < -0.39 is 0 Å². The van der Waals surface area contributed by atoms with Crippen LogP contribution >= 0.6 is 0 Å². The van der Waals surface area contributed by atoms with Gasteiger partial charge in [0.25, 0.3) is 0 Å². The van der Waals surface area contributed by atoms with E-state index in [2.05, 4.69) is 48.5 Å². The van der Waals surface area contributed by atoms with E-state index in [9.17, 15) is 0 Å². The van der Waals surface area contributed by atoms with E-state index in [-0.39, 0.29) is 23.0 Å². The summed E-state index contributed by atoms with van der Waals surface area (Å²) in [5, 5.41) is 13.6. The maximum atomic E-state index is 6.31. The Kier molecular flexibility index (Phi) is 6.17. The SMILES string of the molecule is COC1=CC(c2cn[nH]c2)=CN/C1=C(N)/C=C(/N)C(N)=NC1CC(C)(C)NC(C)(C)C1. The van der Waals surface area contributed by atoms with Crippen molar-refractivity contribution in [2.75, 3.05) is 7.11 Å². The molecule has 3 rings (SSSR count). The van der Waals surface area contributed by atoms with Crippen LogP contribution < -0.4 is 27.8 Å². The molecule has 1 aromatic heterocycles. The summed E-state index contributed by atoms with van der Waals surface area (Å²) < 4.78 is 5.51. The number of aromatic amines is 1. The van der Waals surface area contributed by atoms with E-state index in [0.29, 0.717) is 22.9 Å². The van der Waals surface area contributed by atoms with Gasteiger partial charge < -0.3 is 32.6 Å². The lowest BCUT2D eigenvalue weighted by Gasteiger charge is -2.45. The third kappa shape index (κ3) is 5.49. The fraction of sp³-hybridized carbons (Fsp3) is 0.455. The normalized spacial score (nSPS) is 23.5. The summed E-state index contributed by atoms with van der Waals surface area (Å²) >= 11 is 0. The minimum absolute atomic E-state index is 0.0289. The van der Waals surface area contributed by atoms with Crippen LogP contribution in [0.15, 0.2) is 58.6 Å². The minimum Gasteiger partial charge on any atom is -0.494 e. The van der Waals surface area contributed by atoms with E-state index in [0.717, 1.165) is 24.0 Å². The van der Waals surface area contributed by atoms with Crippen LogP contribution in [0, 0.1) is 0 Å². The van der Waals surface area contributed by atoms with Crippen LogP contribution in [0.4, 0.5) is 0 Å². The summed E-state index contributed by atoms with van der Waals surface area (Å²) in [7, 11) is 1.59. The Labute approximate surface area is 183 Å². The van der Waals surface area contributed by atoms with Gasteiger partial charge in [0.2, 0.25) is 0 Å². The Morgan fingerprint density at radius 3 is 2.45 bits per heavy atom. The largest absolute Gasteiger partial charge is 0.494 e. The molecule has 0 aliphatic carbocycles. The van der Waals surface area contributed by atoms with Crippen molar-refractivity contribution in [3.63, 3.8) is 0 Å². The molecule has 0 unspecified atom stereocenters. The molecule has 0 amide bonds. The molecule has 1 saturated heterocycles. The lowest BCUT2D eigenvalue weighted by atomic mass is 9.80. The minimum atomic E-state index is -0.0289. The number of amidine groups is 1. The molecular formula is C22H34N8O. The first-order valence-corrected chi connectivity index (χ1v) is 10.3. The number of hydrogen-bond donors (Lipinski definition) is 6. The van der Waals surface area contributed by atoms with Gasteiger partial charge in [-0.2, -0.15) is 5.10 Å². The van der Waals surface area contributed by atoms with E-state index in [1.54, 1.807) is 25.6 Å². The van der Waals surface area contributed by atoms with Gasteiger partial charge in [0.1, 0.15) is 17.3 Å². The Hall–Kier alpha value is -3.20. The number of methoxy groups -OCH3 is 1. The number of aromatic nitrogens is 2. The van der Waals surface area contributed by atoms with Crippen molar-refractivity contribution in [2.24, 2.45) is 22.2 Å². The Bertz CT molecular complexity index is 948. The molecule has 0 radical (unpaired) electrons.